The number of H-pyrrole nitrogens is 1. The van der Waals surface area contributed by atoms with Gasteiger partial charge in [-0.2, -0.15) is 0 Å². The molecule has 3 heterocycles. The van der Waals surface area contributed by atoms with E-state index in [0.29, 0.717) is 53.8 Å². The summed E-state index contributed by atoms with van der Waals surface area (Å²) in [6.45, 7) is 3.33. The van der Waals surface area contributed by atoms with E-state index in [1.807, 2.05) is 13.0 Å². The van der Waals surface area contributed by atoms with Crippen LogP contribution in [0.15, 0.2) is 61.1 Å². The van der Waals surface area contributed by atoms with Crippen molar-refractivity contribution in [3.05, 3.63) is 71.9 Å². The summed E-state index contributed by atoms with van der Waals surface area (Å²) >= 11 is 6.34. The number of ether oxygens (including phenoxy) is 1. The average molecular weight is 480 g/mol. The van der Waals surface area contributed by atoms with Gasteiger partial charge in [-0.3, -0.25) is 4.79 Å². The number of rotatable bonds is 5. The lowest BCUT2D eigenvalue weighted by molar-refractivity contribution is -0.125. The first-order valence-corrected chi connectivity index (χ1v) is 11.4. The van der Waals surface area contributed by atoms with Crippen LogP contribution in [0, 0.1) is 11.2 Å². The van der Waals surface area contributed by atoms with Crippen LogP contribution < -0.4 is 15.0 Å². The van der Waals surface area contributed by atoms with Crippen LogP contribution >= 0.6 is 11.6 Å². The fourth-order valence-corrected chi connectivity index (χ4v) is 4.38. The summed E-state index contributed by atoms with van der Waals surface area (Å²) in [5, 5.41) is 4.41. The maximum absolute atomic E-state index is 13.2. The third-order valence-corrected chi connectivity index (χ3v) is 6.56. The van der Waals surface area contributed by atoms with Crippen molar-refractivity contribution in [1.29, 1.82) is 0 Å². The monoisotopic (exact) mass is 479 g/mol. The van der Waals surface area contributed by atoms with E-state index >= 15 is 0 Å². The van der Waals surface area contributed by atoms with Gasteiger partial charge in [0.05, 0.1) is 15.8 Å². The van der Waals surface area contributed by atoms with Crippen LogP contribution in [0.5, 0.6) is 11.5 Å². The van der Waals surface area contributed by atoms with Gasteiger partial charge >= 0.3 is 0 Å². The Balaban J connectivity index is 1.25. The molecule has 0 bridgehead atoms. The highest BCUT2D eigenvalue weighted by molar-refractivity contribution is 6.36. The van der Waals surface area contributed by atoms with Gasteiger partial charge in [0, 0.05) is 31.0 Å². The second kappa shape index (κ2) is 8.95. The summed E-state index contributed by atoms with van der Waals surface area (Å²) in [5.74, 6) is 1.49. The number of benzene rings is 2. The topological polar surface area (TPSA) is 83.1 Å². The molecular formula is C25H23ClFN5O2. The van der Waals surface area contributed by atoms with Crippen molar-refractivity contribution in [3.8, 4) is 11.5 Å². The Labute approximate surface area is 200 Å². The predicted octanol–water partition coefficient (Wildman–Crippen LogP) is 5.79. The van der Waals surface area contributed by atoms with Gasteiger partial charge in [-0.25, -0.2) is 14.4 Å². The predicted molar refractivity (Wildman–Crippen MR) is 130 cm³/mol. The number of nitrogens with zero attached hydrogens (tertiary/aromatic N) is 3. The van der Waals surface area contributed by atoms with Crippen molar-refractivity contribution in [1.82, 2.24) is 15.0 Å². The van der Waals surface area contributed by atoms with Gasteiger partial charge < -0.3 is 19.9 Å². The van der Waals surface area contributed by atoms with Gasteiger partial charge in [-0.05, 0) is 49.2 Å². The zero-order valence-electron chi connectivity index (χ0n) is 18.5. The van der Waals surface area contributed by atoms with Crippen LogP contribution in [0.4, 0.5) is 15.9 Å². The normalized spacial score (nSPS) is 15.3. The van der Waals surface area contributed by atoms with E-state index in [1.54, 1.807) is 36.5 Å². The number of amides is 1. The molecule has 9 heteroatoms. The van der Waals surface area contributed by atoms with Crippen LogP contribution in [0.1, 0.15) is 19.8 Å². The van der Waals surface area contributed by atoms with Gasteiger partial charge in [0.25, 0.3) is 0 Å². The fourth-order valence-electron chi connectivity index (χ4n) is 4.15. The van der Waals surface area contributed by atoms with Crippen molar-refractivity contribution in [3.63, 3.8) is 0 Å². The molecule has 1 saturated heterocycles. The number of nitrogens with one attached hydrogen (secondary N) is 2. The first-order chi connectivity index (χ1) is 16.4. The van der Waals surface area contributed by atoms with E-state index in [2.05, 4.69) is 25.2 Å². The minimum Gasteiger partial charge on any atom is -0.457 e. The molecule has 174 valence electrons. The SMILES string of the molecule is CC1(C(=O)Nc2cccc(Oc3ccc(F)cc3)c2)CCN(c2ncnc3[nH]cc(Cl)c23)CC1. The molecular weight excluding hydrogens is 457 g/mol. The van der Waals surface area contributed by atoms with Gasteiger partial charge in [-0.15, -0.1) is 0 Å². The van der Waals surface area contributed by atoms with Crippen molar-refractivity contribution in [2.24, 2.45) is 5.41 Å². The molecule has 1 amide bonds. The maximum atomic E-state index is 13.2. The summed E-state index contributed by atoms with van der Waals surface area (Å²) in [6.07, 6.45) is 4.56. The Bertz CT molecular complexity index is 1330. The Morgan fingerprint density at radius 1 is 1.15 bits per heavy atom. The molecule has 0 atom stereocenters. The number of aromatic amines is 1. The van der Waals surface area contributed by atoms with Crippen molar-refractivity contribution in [2.45, 2.75) is 19.8 Å². The van der Waals surface area contributed by atoms with Crippen LogP contribution in [0.2, 0.25) is 5.02 Å². The van der Waals surface area contributed by atoms with E-state index in [1.165, 1.54) is 18.5 Å². The molecule has 1 fully saturated rings. The highest BCUT2D eigenvalue weighted by atomic mass is 35.5. The summed E-state index contributed by atoms with van der Waals surface area (Å²) < 4.78 is 18.9. The Morgan fingerprint density at radius 2 is 1.91 bits per heavy atom. The van der Waals surface area contributed by atoms with Crippen molar-refractivity contribution < 1.29 is 13.9 Å². The van der Waals surface area contributed by atoms with Crippen LogP contribution in [0.25, 0.3) is 11.0 Å². The van der Waals surface area contributed by atoms with Crippen LogP contribution in [-0.2, 0) is 4.79 Å². The number of aromatic nitrogens is 3. The van der Waals surface area contributed by atoms with Crippen LogP contribution in [-0.4, -0.2) is 33.9 Å². The number of anilines is 2. The second-order valence-electron chi connectivity index (χ2n) is 8.64. The highest BCUT2D eigenvalue weighted by Gasteiger charge is 2.37. The molecule has 0 aliphatic carbocycles. The molecule has 2 N–H and O–H groups in total. The zero-order chi connectivity index (χ0) is 23.7. The molecule has 0 saturated carbocycles. The number of piperidine rings is 1. The number of halogens is 2. The first-order valence-electron chi connectivity index (χ1n) is 11.0. The molecule has 0 radical (unpaired) electrons. The third kappa shape index (κ3) is 4.41. The third-order valence-electron chi connectivity index (χ3n) is 6.26. The lowest BCUT2D eigenvalue weighted by Gasteiger charge is -2.39. The zero-order valence-corrected chi connectivity index (χ0v) is 19.3. The highest BCUT2D eigenvalue weighted by Crippen LogP contribution is 2.37. The molecule has 0 spiro atoms. The quantitative estimate of drug-likeness (QED) is 0.378. The Kier molecular flexibility index (Phi) is 5.83. The van der Waals surface area contributed by atoms with E-state index in [4.69, 9.17) is 16.3 Å². The van der Waals surface area contributed by atoms with Gasteiger partial charge in [0.1, 0.15) is 35.1 Å². The van der Waals surface area contributed by atoms with Gasteiger partial charge in [0.15, 0.2) is 0 Å². The standard InChI is InChI=1S/C25H23ClFN5O2/c1-25(9-11-32(12-10-25)23-21-20(26)14-28-22(21)29-15-30-23)24(33)31-17-3-2-4-19(13-17)34-18-7-5-16(27)6-8-18/h2-8,13-15H,9-12H2,1H3,(H,31,33)(H,28,29,30). The summed E-state index contributed by atoms with van der Waals surface area (Å²) in [6, 6.07) is 13.0. The number of hydrogen-bond acceptors (Lipinski definition) is 5. The molecule has 1 aliphatic rings. The molecule has 0 unspecified atom stereocenters. The van der Waals surface area contributed by atoms with Crippen molar-refractivity contribution >= 4 is 40.0 Å². The minimum absolute atomic E-state index is 0.0430. The number of fused-ring (bicyclic) bond motifs is 1. The van der Waals surface area contributed by atoms with Crippen LogP contribution in [0.3, 0.4) is 0 Å². The van der Waals surface area contributed by atoms with Gasteiger partial charge in [-0.1, -0.05) is 24.6 Å². The summed E-state index contributed by atoms with van der Waals surface area (Å²) in [7, 11) is 0. The molecule has 2 aromatic carbocycles. The lowest BCUT2D eigenvalue weighted by atomic mass is 9.79. The largest absolute Gasteiger partial charge is 0.457 e. The lowest BCUT2D eigenvalue weighted by Crippen LogP contribution is -2.45. The van der Waals surface area contributed by atoms with Crippen molar-refractivity contribution in [2.75, 3.05) is 23.3 Å². The summed E-state index contributed by atoms with van der Waals surface area (Å²) in [5.41, 5.74) is 0.812. The number of carbonyl (C=O) groups is 1. The molecule has 2 aromatic heterocycles. The van der Waals surface area contributed by atoms with Gasteiger partial charge in [0.2, 0.25) is 5.91 Å². The molecule has 1 aliphatic heterocycles. The Morgan fingerprint density at radius 3 is 2.68 bits per heavy atom. The second-order valence-corrected chi connectivity index (χ2v) is 9.05. The Hall–Kier alpha value is -3.65. The number of hydrogen-bond donors (Lipinski definition) is 2. The van der Waals surface area contributed by atoms with E-state index in [0.717, 1.165) is 11.2 Å². The molecule has 5 rings (SSSR count). The minimum atomic E-state index is -0.529. The van der Waals surface area contributed by atoms with E-state index in [9.17, 15) is 9.18 Å². The first kappa shape index (κ1) is 22.2. The summed E-state index contributed by atoms with van der Waals surface area (Å²) in [4.78, 5) is 27.1. The smallest absolute Gasteiger partial charge is 0.230 e. The molecule has 7 nitrogen and oxygen atoms in total. The fraction of sp³-hybridized carbons (Fsp3) is 0.240. The maximum Gasteiger partial charge on any atom is 0.230 e. The van der Waals surface area contributed by atoms with E-state index in [-0.39, 0.29) is 11.7 Å². The van der Waals surface area contributed by atoms with E-state index < -0.39 is 5.41 Å². The average Bonchev–Trinajstić information content (AvgIpc) is 3.22. The molecule has 34 heavy (non-hydrogen) atoms. The number of carbonyl (C=O) groups excluding carboxylic acids is 1. The molecule has 4 aromatic rings.